The Bertz CT molecular complexity index is 760. The molecule has 7 nitrogen and oxygen atoms in total. The van der Waals surface area contributed by atoms with Gasteiger partial charge in [-0.05, 0) is 51.5 Å². The topological polar surface area (TPSA) is 76.2 Å². The smallest absolute Gasteiger partial charge is 0.269 e. The molecule has 0 bridgehead atoms. The van der Waals surface area contributed by atoms with Crippen LogP contribution in [0.4, 0.5) is 11.5 Å². The predicted molar refractivity (Wildman–Crippen MR) is 91.9 cm³/mol. The number of hydrogen-bond acceptors (Lipinski definition) is 5. The van der Waals surface area contributed by atoms with Crippen molar-refractivity contribution in [3.8, 4) is 5.69 Å². The summed E-state index contributed by atoms with van der Waals surface area (Å²) in [6.07, 6.45) is 3.28. The lowest BCUT2D eigenvalue weighted by Crippen LogP contribution is -2.29. The first-order valence-electron chi connectivity index (χ1n) is 8.42. The molecule has 126 valence electrons. The number of non-ortho nitro benzene ring substituents is 1. The van der Waals surface area contributed by atoms with Crippen LogP contribution in [0.3, 0.4) is 0 Å². The van der Waals surface area contributed by atoms with Gasteiger partial charge in [0.1, 0.15) is 5.82 Å². The van der Waals surface area contributed by atoms with Crippen LogP contribution in [0.1, 0.15) is 30.0 Å². The van der Waals surface area contributed by atoms with Gasteiger partial charge < -0.3 is 10.2 Å². The van der Waals surface area contributed by atoms with Gasteiger partial charge in [0.25, 0.3) is 5.69 Å². The van der Waals surface area contributed by atoms with Crippen LogP contribution in [0.25, 0.3) is 5.69 Å². The van der Waals surface area contributed by atoms with Crippen LogP contribution in [0.2, 0.25) is 0 Å². The van der Waals surface area contributed by atoms with Crippen LogP contribution in [0.15, 0.2) is 24.3 Å². The molecule has 4 rings (SSSR count). The zero-order valence-electron chi connectivity index (χ0n) is 13.7. The van der Waals surface area contributed by atoms with E-state index in [1.165, 1.54) is 23.4 Å². The van der Waals surface area contributed by atoms with E-state index in [1.54, 1.807) is 12.1 Å². The number of likely N-dealkylation sites (tertiary alicyclic amines) is 1. The van der Waals surface area contributed by atoms with Crippen LogP contribution in [0.5, 0.6) is 0 Å². The lowest BCUT2D eigenvalue weighted by Gasteiger charge is -2.28. The first kappa shape index (κ1) is 15.1. The summed E-state index contributed by atoms with van der Waals surface area (Å²) in [5.74, 6) is 1.56. The zero-order chi connectivity index (χ0) is 16.7. The minimum atomic E-state index is -0.375. The second-order valence-corrected chi connectivity index (χ2v) is 6.65. The molecule has 2 aliphatic rings. The van der Waals surface area contributed by atoms with Crippen LogP contribution in [0, 0.1) is 10.1 Å². The summed E-state index contributed by atoms with van der Waals surface area (Å²) in [6.45, 7) is 3.15. The van der Waals surface area contributed by atoms with Gasteiger partial charge in [-0.15, -0.1) is 0 Å². The normalized spacial score (nSPS) is 18.4. The summed E-state index contributed by atoms with van der Waals surface area (Å²) < 4.78 is 1.92. The first-order valence-corrected chi connectivity index (χ1v) is 8.42. The zero-order valence-corrected chi connectivity index (χ0v) is 13.7. The van der Waals surface area contributed by atoms with Gasteiger partial charge in [0.05, 0.1) is 16.3 Å². The van der Waals surface area contributed by atoms with E-state index in [-0.39, 0.29) is 10.6 Å². The van der Waals surface area contributed by atoms with Crippen LogP contribution >= 0.6 is 0 Å². The van der Waals surface area contributed by atoms with Crippen molar-refractivity contribution in [3.63, 3.8) is 0 Å². The van der Waals surface area contributed by atoms with Gasteiger partial charge in [-0.25, -0.2) is 4.68 Å². The van der Waals surface area contributed by atoms with Crippen molar-refractivity contribution in [3.05, 3.63) is 45.6 Å². The Morgan fingerprint density at radius 1 is 1.25 bits per heavy atom. The Balaban J connectivity index is 1.69. The fraction of sp³-hybridized carbons (Fsp3) is 0.471. The molecule has 2 aliphatic heterocycles. The quantitative estimate of drug-likeness (QED) is 0.692. The maximum atomic E-state index is 10.8. The van der Waals surface area contributed by atoms with Crippen molar-refractivity contribution in [2.75, 3.05) is 32.0 Å². The van der Waals surface area contributed by atoms with Crippen molar-refractivity contribution in [2.45, 2.75) is 25.2 Å². The summed E-state index contributed by atoms with van der Waals surface area (Å²) in [6, 6.07) is 6.61. The summed E-state index contributed by atoms with van der Waals surface area (Å²) >= 11 is 0. The van der Waals surface area contributed by atoms with E-state index in [1.807, 2.05) is 4.68 Å². The molecular formula is C17H21N5O2. The molecule has 7 heteroatoms. The first-order chi connectivity index (χ1) is 11.6. The summed E-state index contributed by atoms with van der Waals surface area (Å²) in [5, 5.41) is 19.2. The molecule has 0 spiro atoms. The summed E-state index contributed by atoms with van der Waals surface area (Å²) in [5.41, 5.74) is 3.50. The number of benzene rings is 1. The van der Waals surface area contributed by atoms with E-state index in [9.17, 15) is 10.1 Å². The van der Waals surface area contributed by atoms with E-state index in [4.69, 9.17) is 5.10 Å². The lowest BCUT2D eigenvalue weighted by atomic mass is 9.91. The van der Waals surface area contributed by atoms with Crippen LogP contribution in [-0.4, -0.2) is 46.3 Å². The highest BCUT2D eigenvalue weighted by molar-refractivity contribution is 5.58. The highest BCUT2D eigenvalue weighted by Crippen LogP contribution is 2.36. The van der Waals surface area contributed by atoms with Gasteiger partial charge >= 0.3 is 0 Å². The van der Waals surface area contributed by atoms with Crippen molar-refractivity contribution < 1.29 is 4.92 Å². The Labute approximate surface area is 140 Å². The molecule has 0 amide bonds. The molecule has 0 aliphatic carbocycles. The van der Waals surface area contributed by atoms with Gasteiger partial charge in [-0.1, -0.05) is 0 Å². The molecule has 0 unspecified atom stereocenters. The van der Waals surface area contributed by atoms with Crippen molar-refractivity contribution in [1.82, 2.24) is 14.7 Å². The van der Waals surface area contributed by atoms with E-state index in [0.29, 0.717) is 5.92 Å². The fourth-order valence-electron chi connectivity index (χ4n) is 3.71. The molecule has 24 heavy (non-hydrogen) atoms. The standard InChI is InChI=1S/C17H21N5O2/c1-20-10-7-12(8-11-20)16-15-6-9-18-17(15)21(19-16)13-2-4-14(5-3-13)22(23)24/h2-5,12,18H,6-11H2,1H3. The maximum absolute atomic E-state index is 10.8. The number of aromatic nitrogens is 2. The third-order valence-corrected chi connectivity index (χ3v) is 5.09. The Kier molecular flexibility index (Phi) is 3.72. The molecule has 0 radical (unpaired) electrons. The summed E-state index contributed by atoms with van der Waals surface area (Å²) in [7, 11) is 2.16. The minimum Gasteiger partial charge on any atom is -0.369 e. The van der Waals surface area contributed by atoms with E-state index in [0.717, 1.165) is 50.4 Å². The Morgan fingerprint density at radius 2 is 1.96 bits per heavy atom. The summed E-state index contributed by atoms with van der Waals surface area (Å²) in [4.78, 5) is 12.8. The minimum absolute atomic E-state index is 0.103. The number of piperidine rings is 1. The highest BCUT2D eigenvalue weighted by Gasteiger charge is 2.29. The number of nitro benzene ring substituents is 1. The Morgan fingerprint density at radius 3 is 2.62 bits per heavy atom. The van der Waals surface area contributed by atoms with E-state index in [2.05, 4.69) is 17.3 Å². The van der Waals surface area contributed by atoms with Crippen molar-refractivity contribution in [2.24, 2.45) is 0 Å². The van der Waals surface area contributed by atoms with Gasteiger partial charge in [-0.3, -0.25) is 10.1 Å². The van der Waals surface area contributed by atoms with Crippen LogP contribution < -0.4 is 5.32 Å². The molecule has 1 fully saturated rings. The number of rotatable bonds is 3. The van der Waals surface area contributed by atoms with Crippen LogP contribution in [-0.2, 0) is 6.42 Å². The third-order valence-electron chi connectivity index (χ3n) is 5.09. The Hall–Kier alpha value is -2.41. The fourth-order valence-corrected chi connectivity index (χ4v) is 3.71. The number of fused-ring (bicyclic) bond motifs is 1. The van der Waals surface area contributed by atoms with Gasteiger partial charge in [0.15, 0.2) is 0 Å². The number of anilines is 1. The molecule has 0 atom stereocenters. The largest absolute Gasteiger partial charge is 0.369 e. The second kappa shape index (κ2) is 5.90. The van der Waals surface area contributed by atoms with Crippen molar-refractivity contribution >= 4 is 11.5 Å². The average Bonchev–Trinajstić information content (AvgIpc) is 3.18. The number of nitrogens with one attached hydrogen (secondary N) is 1. The maximum Gasteiger partial charge on any atom is 0.269 e. The highest BCUT2D eigenvalue weighted by atomic mass is 16.6. The monoisotopic (exact) mass is 327 g/mol. The lowest BCUT2D eigenvalue weighted by molar-refractivity contribution is -0.384. The molecule has 1 aromatic heterocycles. The molecule has 1 aromatic carbocycles. The van der Waals surface area contributed by atoms with Crippen molar-refractivity contribution in [1.29, 1.82) is 0 Å². The van der Waals surface area contributed by atoms with E-state index < -0.39 is 0 Å². The molecule has 0 saturated carbocycles. The molecule has 1 saturated heterocycles. The van der Waals surface area contributed by atoms with Gasteiger partial charge in [0, 0.05) is 30.2 Å². The number of hydrogen-bond donors (Lipinski definition) is 1. The third kappa shape index (κ3) is 2.54. The molecule has 2 aromatic rings. The van der Waals surface area contributed by atoms with Gasteiger partial charge in [-0.2, -0.15) is 5.10 Å². The molecular weight excluding hydrogens is 306 g/mol. The number of nitro groups is 1. The predicted octanol–water partition coefficient (Wildman–Crippen LogP) is 2.56. The molecule has 1 N–H and O–H groups in total. The average molecular weight is 327 g/mol. The SMILES string of the molecule is CN1CCC(c2nn(-c3ccc([N+](=O)[O-])cc3)c3c2CCN3)CC1. The van der Waals surface area contributed by atoms with Gasteiger partial charge in [0.2, 0.25) is 0 Å². The number of nitrogens with zero attached hydrogens (tertiary/aromatic N) is 4. The second-order valence-electron chi connectivity index (χ2n) is 6.65. The van der Waals surface area contributed by atoms with E-state index >= 15 is 0 Å². The molecule has 3 heterocycles.